The van der Waals surface area contributed by atoms with Gasteiger partial charge in [-0.05, 0) is 63.3 Å². The van der Waals surface area contributed by atoms with Gasteiger partial charge < -0.3 is 19.7 Å². The molecule has 1 atom stereocenters. The van der Waals surface area contributed by atoms with Crippen LogP contribution in [0.15, 0.2) is 42.5 Å². The van der Waals surface area contributed by atoms with E-state index in [2.05, 4.69) is 12.2 Å². The molecule has 0 aliphatic carbocycles. The second-order valence-corrected chi connectivity index (χ2v) is 8.72. The van der Waals surface area contributed by atoms with Crippen molar-refractivity contribution in [2.24, 2.45) is 0 Å². The van der Waals surface area contributed by atoms with E-state index >= 15 is 0 Å². The third kappa shape index (κ3) is 8.93. The Labute approximate surface area is 211 Å². The highest BCUT2D eigenvalue weighted by Gasteiger charge is 2.28. The number of rotatable bonds is 15. The van der Waals surface area contributed by atoms with Gasteiger partial charge in [0.25, 0.3) is 0 Å². The minimum Gasteiger partial charge on any atom is -0.490 e. The fourth-order valence-corrected chi connectivity index (χ4v) is 3.96. The zero-order valence-corrected chi connectivity index (χ0v) is 22.1. The number of aryl methyl sites for hydroxylation is 2. The van der Waals surface area contributed by atoms with Gasteiger partial charge in [-0.15, -0.1) is 0 Å². The minimum absolute atomic E-state index is 0.0325. The summed E-state index contributed by atoms with van der Waals surface area (Å²) in [6.45, 7) is 12.1. The Balaban J connectivity index is 2.19. The predicted octanol–water partition coefficient (Wildman–Crippen LogP) is 5.45. The lowest BCUT2D eigenvalue weighted by atomic mass is 10.0. The molecule has 0 radical (unpaired) electrons. The maximum Gasteiger partial charge on any atom is 0.242 e. The predicted molar refractivity (Wildman–Crippen MR) is 141 cm³/mol. The first-order valence-electron chi connectivity index (χ1n) is 12.9. The molecule has 2 rings (SSSR count). The fraction of sp³-hybridized carbons (Fsp3) is 0.517. The zero-order valence-electron chi connectivity index (χ0n) is 22.1. The number of hydrogen-bond donors (Lipinski definition) is 1. The van der Waals surface area contributed by atoms with Crippen molar-refractivity contribution in [1.29, 1.82) is 0 Å². The molecule has 0 fully saturated rings. The summed E-state index contributed by atoms with van der Waals surface area (Å²) < 4.78 is 11.4. The van der Waals surface area contributed by atoms with E-state index in [4.69, 9.17) is 9.47 Å². The van der Waals surface area contributed by atoms with Gasteiger partial charge in [-0.25, -0.2) is 0 Å². The van der Waals surface area contributed by atoms with Crippen LogP contribution in [-0.4, -0.2) is 42.5 Å². The molecule has 0 bridgehead atoms. The highest BCUT2D eigenvalue weighted by molar-refractivity contribution is 5.87. The standard InChI is InChI=1S/C29H42N2O4/c1-6-10-19-30-29(33)25(7-2)31(21-24-13-11-22(5)12-14-24)28(32)18-16-23-15-17-26(34-8-3)27(20-23)35-9-4/h11-15,17,20,25H,6-10,16,18-19,21H2,1-5H3,(H,30,33)/t25-/m1/s1. The van der Waals surface area contributed by atoms with Crippen LogP contribution in [0.3, 0.4) is 0 Å². The molecular weight excluding hydrogens is 440 g/mol. The molecule has 0 heterocycles. The number of nitrogens with one attached hydrogen (secondary N) is 1. The van der Waals surface area contributed by atoms with E-state index in [1.807, 2.05) is 70.2 Å². The Morgan fingerprint density at radius 2 is 1.57 bits per heavy atom. The molecule has 0 aliphatic heterocycles. The van der Waals surface area contributed by atoms with Gasteiger partial charge in [0.1, 0.15) is 6.04 Å². The van der Waals surface area contributed by atoms with Gasteiger partial charge in [-0.1, -0.05) is 56.2 Å². The molecular formula is C29H42N2O4. The summed E-state index contributed by atoms with van der Waals surface area (Å²) in [5.74, 6) is 1.29. The van der Waals surface area contributed by atoms with E-state index in [1.54, 1.807) is 4.90 Å². The normalized spacial score (nSPS) is 11.6. The van der Waals surface area contributed by atoms with E-state index in [1.165, 1.54) is 0 Å². The van der Waals surface area contributed by atoms with Crippen molar-refractivity contribution in [3.63, 3.8) is 0 Å². The van der Waals surface area contributed by atoms with Crippen LogP contribution in [0.25, 0.3) is 0 Å². The van der Waals surface area contributed by atoms with Crippen molar-refractivity contribution in [1.82, 2.24) is 10.2 Å². The van der Waals surface area contributed by atoms with Crippen molar-refractivity contribution < 1.29 is 19.1 Å². The zero-order chi connectivity index (χ0) is 25.6. The van der Waals surface area contributed by atoms with E-state index in [-0.39, 0.29) is 11.8 Å². The van der Waals surface area contributed by atoms with Crippen molar-refractivity contribution >= 4 is 11.8 Å². The number of ether oxygens (including phenoxy) is 2. The van der Waals surface area contributed by atoms with E-state index in [9.17, 15) is 9.59 Å². The lowest BCUT2D eigenvalue weighted by Gasteiger charge is -2.31. The topological polar surface area (TPSA) is 67.9 Å². The van der Waals surface area contributed by atoms with Crippen LogP contribution >= 0.6 is 0 Å². The number of nitrogens with zero attached hydrogens (tertiary/aromatic N) is 1. The second-order valence-electron chi connectivity index (χ2n) is 8.72. The number of hydrogen-bond acceptors (Lipinski definition) is 4. The van der Waals surface area contributed by atoms with Crippen molar-refractivity contribution in [3.05, 3.63) is 59.2 Å². The molecule has 6 heteroatoms. The lowest BCUT2D eigenvalue weighted by molar-refractivity contribution is -0.141. The monoisotopic (exact) mass is 482 g/mol. The smallest absolute Gasteiger partial charge is 0.242 e. The molecule has 192 valence electrons. The summed E-state index contributed by atoms with van der Waals surface area (Å²) in [6, 6.07) is 13.4. The number of carbonyl (C=O) groups excluding carboxylic acids is 2. The molecule has 2 amide bonds. The average molecular weight is 483 g/mol. The van der Waals surface area contributed by atoms with Crippen LogP contribution in [0.2, 0.25) is 0 Å². The quantitative estimate of drug-likeness (QED) is 0.343. The molecule has 0 aliphatic rings. The number of unbranched alkanes of at least 4 members (excludes halogenated alkanes) is 1. The molecule has 0 unspecified atom stereocenters. The highest BCUT2D eigenvalue weighted by Crippen LogP contribution is 2.29. The summed E-state index contributed by atoms with van der Waals surface area (Å²) in [5, 5.41) is 3.02. The Hall–Kier alpha value is -3.02. The molecule has 1 N–H and O–H groups in total. The summed E-state index contributed by atoms with van der Waals surface area (Å²) in [5.41, 5.74) is 3.18. The van der Waals surface area contributed by atoms with E-state index in [0.717, 1.165) is 29.5 Å². The number of carbonyl (C=O) groups is 2. The summed E-state index contributed by atoms with van der Waals surface area (Å²) in [7, 11) is 0. The minimum atomic E-state index is -0.500. The Kier molecular flexibility index (Phi) is 12.2. The first kappa shape index (κ1) is 28.2. The van der Waals surface area contributed by atoms with Crippen LogP contribution in [0, 0.1) is 6.92 Å². The number of benzene rings is 2. The summed E-state index contributed by atoms with van der Waals surface area (Å²) >= 11 is 0. The molecule has 6 nitrogen and oxygen atoms in total. The number of amides is 2. The molecule has 0 aromatic heterocycles. The molecule has 0 saturated carbocycles. The first-order valence-corrected chi connectivity index (χ1v) is 12.9. The van der Waals surface area contributed by atoms with Gasteiger partial charge in [-0.2, -0.15) is 0 Å². The first-order chi connectivity index (χ1) is 16.9. The molecule has 2 aromatic rings. The van der Waals surface area contributed by atoms with Crippen molar-refractivity contribution in [2.45, 2.75) is 79.3 Å². The second kappa shape index (κ2) is 15.1. The lowest BCUT2D eigenvalue weighted by Crippen LogP contribution is -2.49. The van der Waals surface area contributed by atoms with Crippen LogP contribution in [0.1, 0.15) is 70.1 Å². The molecule has 35 heavy (non-hydrogen) atoms. The van der Waals surface area contributed by atoms with Crippen LogP contribution in [0.5, 0.6) is 11.5 Å². The van der Waals surface area contributed by atoms with Gasteiger partial charge in [0.05, 0.1) is 13.2 Å². The van der Waals surface area contributed by atoms with Gasteiger partial charge in [0, 0.05) is 19.5 Å². The highest BCUT2D eigenvalue weighted by atomic mass is 16.5. The third-order valence-electron chi connectivity index (χ3n) is 5.92. The Bertz CT molecular complexity index is 927. The van der Waals surface area contributed by atoms with Gasteiger partial charge >= 0.3 is 0 Å². The Morgan fingerprint density at radius 3 is 2.20 bits per heavy atom. The molecule has 0 spiro atoms. The summed E-state index contributed by atoms with van der Waals surface area (Å²) in [6.07, 6.45) is 3.36. The average Bonchev–Trinajstić information content (AvgIpc) is 2.85. The van der Waals surface area contributed by atoms with Crippen molar-refractivity contribution in [3.8, 4) is 11.5 Å². The van der Waals surface area contributed by atoms with E-state index in [0.29, 0.717) is 57.1 Å². The van der Waals surface area contributed by atoms with Gasteiger partial charge in [0.15, 0.2) is 11.5 Å². The van der Waals surface area contributed by atoms with Crippen LogP contribution < -0.4 is 14.8 Å². The maximum atomic E-state index is 13.5. The van der Waals surface area contributed by atoms with Gasteiger partial charge in [-0.3, -0.25) is 9.59 Å². The summed E-state index contributed by atoms with van der Waals surface area (Å²) in [4.78, 5) is 28.2. The van der Waals surface area contributed by atoms with Gasteiger partial charge in [0.2, 0.25) is 11.8 Å². The largest absolute Gasteiger partial charge is 0.490 e. The van der Waals surface area contributed by atoms with Crippen molar-refractivity contribution in [2.75, 3.05) is 19.8 Å². The molecule has 2 aromatic carbocycles. The van der Waals surface area contributed by atoms with E-state index < -0.39 is 6.04 Å². The van der Waals surface area contributed by atoms with Crippen LogP contribution in [0.4, 0.5) is 0 Å². The maximum absolute atomic E-state index is 13.5. The van der Waals surface area contributed by atoms with Crippen LogP contribution in [-0.2, 0) is 22.6 Å². The third-order valence-corrected chi connectivity index (χ3v) is 5.92. The Morgan fingerprint density at radius 1 is 0.914 bits per heavy atom. The fourth-order valence-electron chi connectivity index (χ4n) is 3.96. The SMILES string of the molecule is CCCCNC(=O)[C@@H](CC)N(Cc1ccc(C)cc1)C(=O)CCc1ccc(OCC)c(OCC)c1. The molecule has 0 saturated heterocycles.